The first kappa shape index (κ1) is 18.3. The molecular weight excluding hydrogens is 383 g/mol. The highest BCUT2D eigenvalue weighted by Crippen LogP contribution is 2.36. The number of allylic oxidation sites excluding steroid dienone is 1. The number of hydrogen-bond donors (Lipinski definition) is 0. The number of hydrogen-bond acceptors (Lipinski definition) is 5. The third-order valence-corrected chi connectivity index (χ3v) is 6.92. The molecule has 27 heavy (non-hydrogen) atoms. The zero-order valence-electron chi connectivity index (χ0n) is 15.0. The maximum absolute atomic E-state index is 13.9. The lowest BCUT2D eigenvalue weighted by Crippen LogP contribution is -2.22. The molecule has 2 heterocycles. The molecule has 1 aromatic carbocycles. The zero-order chi connectivity index (χ0) is 19.0. The molecule has 0 atom stereocenters. The second-order valence-electron chi connectivity index (χ2n) is 6.39. The van der Waals surface area contributed by atoms with Crippen LogP contribution in [0.5, 0.6) is 5.75 Å². The Labute approximate surface area is 164 Å². The number of methoxy groups -OCH3 is 1. The minimum Gasteiger partial charge on any atom is -0.494 e. The highest BCUT2D eigenvalue weighted by molar-refractivity contribution is 7.98. The Bertz CT molecular complexity index is 1090. The number of ether oxygens (including phenoxy) is 1. The molecule has 140 valence electrons. The van der Waals surface area contributed by atoms with Crippen molar-refractivity contribution in [3.63, 3.8) is 0 Å². The molecule has 0 amide bonds. The van der Waals surface area contributed by atoms with E-state index in [4.69, 9.17) is 9.72 Å². The van der Waals surface area contributed by atoms with Gasteiger partial charge in [0, 0.05) is 17.2 Å². The van der Waals surface area contributed by atoms with Gasteiger partial charge in [0.25, 0.3) is 5.56 Å². The average molecular weight is 403 g/mol. The van der Waals surface area contributed by atoms with E-state index in [2.05, 4.69) is 6.58 Å². The fraction of sp³-hybridized carbons (Fsp3) is 0.300. The highest BCUT2D eigenvalue weighted by atomic mass is 32.2. The van der Waals surface area contributed by atoms with Gasteiger partial charge in [-0.2, -0.15) is 0 Å². The summed E-state index contributed by atoms with van der Waals surface area (Å²) < 4.78 is 20.6. The molecule has 2 aromatic heterocycles. The number of aryl methyl sites for hydroxylation is 2. The molecule has 1 aliphatic rings. The fourth-order valence-electron chi connectivity index (χ4n) is 3.41. The van der Waals surface area contributed by atoms with E-state index in [1.807, 2.05) is 6.07 Å². The summed E-state index contributed by atoms with van der Waals surface area (Å²) in [5.74, 6) is 0.346. The number of rotatable bonds is 6. The Morgan fingerprint density at radius 1 is 1.44 bits per heavy atom. The summed E-state index contributed by atoms with van der Waals surface area (Å²) in [7, 11) is 1.44. The van der Waals surface area contributed by atoms with Crippen molar-refractivity contribution in [2.24, 2.45) is 0 Å². The van der Waals surface area contributed by atoms with Crippen LogP contribution in [0.15, 0.2) is 40.8 Å². The van der Waals surface area contributed by atoms with Gasteiger partial charge in [0.05, 0.1) is 12.5 Å². The largest absolute Gasteiger partial charge is 0.494 e. The Hall–Kier alpha value is -2.12. The third kappa shape index (κ3) is 3.30. The first-order chi connectivity index (χ1) is 13.1. The van der Waals surface area contributed by atoms with Crippen LogP contribution in [0.25, 0.3) is 10.2 Å². The SMILES string of the molecule is C=CCn1c(SCc2ccc(OC)c(F)c2)nc2sc3c(c2c1=O)CCC3. The molecule has 0 aliphatic heterocycles. The van der Waals surface area contributed by atoms with E-state index in [0.29, 0.717) is 17.5 Å². The molecular formula is C20H19FN2O2S2. The second-order valence-corrected chi connectivity index (χ2v) is 8.42. The molecule has 0 radical (unpaired) electrons. The number of thiophene rings is 1. The predicted octanol–water partition coefficient (Wildman–Crippen LogP) is 4.57. The lowest BCUT2D eigenvalue weighted by molar-refractivity contribution is 0.386. The minimum absolute atomic E-state index is 0.00251. The summed E-state index contributed by atoms with van der Waals surface area (Å²) in [6.45, 7) is 4.18. The number of halogens is 1. The second kappa shape index (κ2) is 7.48. The minimum atomic E-state index is -0.392. The molecule has 3 aromatic rings. The van der Waals surface area contributed by atoms with Crippen LogP contribution in [-0.4, -0.2) is 16.7 Å². The van der Waals surface area contributed by atoms with Gasteiger partial charge in [-0.1, -0.05) is 23.9 Å². The van der Waals surface area contributed by atoms with Gasteiger partial charge in [-0.05, 0) is 42.5 Å². The van der Waals surface area contributed by atoms with Gasteiger partial charge >= 0.3 is 0 Å². The van der Waals surface area contributed by atoms with E-state index >= 15 is 0 Å². The lowest BCUT2D eigenvalue weighted by atomic mass is 10.2. The van der Waals surface area contributed by atoms with Crippen LogP contribution in [0.1, 0.15) is 22.4 Å². The van der Waals surface area contributed by atoms with Crippen LogP contribution >= 0.6 is 23.1 Å². The van der Waals surface area contributed by atoms with E-state index < -0.39 is 5.82 Å². The summed E-state index contributed by atoms with van der Waals surface area (Å²) >= 11 is 3.07. The van der Waals surface area contributed by atoms with Crippen LogP contribution in [0.4, 0.5) is 4.39 Å². The highest BCUT2D eigenvalue weighted by Gasteiger charge is 2.23. The molecule has 4 rings (SSSR count). The Morgan fingerprint density at radius 2 is 2.30 bits per heavy atom. The molecule has 0 spiro atoms. The maximum Gasteiger partial charge on any atom is 0.263 e. The molecule has 0 fully saturated rings. The molecule has 0 saturated heterocycles. The van der Waals surface area contributed by atoms with E-state index in [0.717, 1.165) is 35.0 Å². The van der Waals surface area contributed by atoms with Crippen LogP contribution in [0.2, 0.25) is 0 Å². The summed E-state index contributed by atoms with van der Waals surface area (Å²) in [4.78, 5) is 20.0. The molecule has 0 saturated carbocycles. The van der Waals surface area contributed by atoms with Gasteiger partial charge in [0.1, 0.15) is 4.83 Å². The van der Waals surface area contributed by atoms with Gasteiger partial charge in [-0.15, -0.1) is 17.9 Å². The molecule has 0 N–H and O–H groups in total. The normalized spacial score (nSPS) is 13.1. The Kier molecular flexibility index (Phi) is 5.06. The Balaban J connectivity index is 1.70. The van der Waals surface area contributed by atoms with Gasteiger partial charge in [0.2, 0.25) is 0 Å². The van der Waals surface area contributed by atoms with Crippen molar-refractivity contribution >= 4 is 33.3 Å². The fourth-order valence-corrected chi connectivity index (χ4v) is 5.66. The zero-order valence-corrected chi connectivity index (χ0v) is 16.6. The number of benzene rings is 1. The first-order valence-electron chi connectivity index (χ1n) is 8.73. The number of nitrogens with zero attached hydrogens (tertiary/aromatic N) is 2. The number of fused-ring (bicyclic) bond motifs is 3. The summed E-state index contributed by atoms with van der Waals surface area (Å²) in [6.07, 6.45) is 4.80. The average Bonchev–Trinajstić information content (AvgIpc) is 3.23. The van der Waals surface area contributed by atoms with Crippen molar-refractivity contribution in [2.45, 2.75) is 36.7 Å². The lowest BCUT2D eigenvalue weighted by Gasteiger charge is -2.11. The van der Waals surface area contributed by atoms with Crippen molar-refractivity contribution in [1.82, 2.24) is 9.55 Å². The van der Waals surface area contributed by atoms with Crippen LogP contribution in [0.3, 0.4) is 0 Å². The van der Waals surface area contributed by atoms with Crippen LogP contribution in [0, 0.1) is 5.82 Å². The maximum atomic E-state index is 13.9. The number of thioether (sulfide) groups is 1. The van der Waals surface area contributed by atoms with Crippen molar-refractivity contribution < 1.29 is 9.13 Å². The quantitative estimate of drug-likeness (QED) is 0.344. The van der Waals surface area contributed by atoms with Crippen molar-refractivity contribution in [3.05, 3.63) is 63.0 Å². The molecule has 1 aliphatic carbocycles. The van der Waals surface area contributed by atoms with Crippen LogP contribution < -0.4 is 10.3 Å². The summed E-state index contributed by atoms with van der Waals surface area (Å²) in [6, 6.07) is 4.89. The van der Waals surface area contributed by atoms with Crippen molar-refractivity contribution in [1.29, 1.82) is 0 Å². The van der Waals surface area contributed by atoms with Crippen molar-refractivity contribution in [2.75, 3.05) is 7.11 Å². The van der Waals surface area contributed by atoms with E-state index in [1.165, 1.54) is 35.4 Å². The van der Waals surface area contributed by atoms with E-state index in [-0.39, 0.29) is 11.3 Å². The van der Waals surface area contributed by atoms with Crippen molar-refractivity contribution in [3.8, 4) is 5.75 Å². The summed E-state index contributed by atoms with van der Waals surface area (Å²) in [5.41, 5.74) is 1.99. The predicted molar refractivity (Wildman–Crippen MR) is 109 cm³/mol. The first-order valence-corrected chi connectivity index (χ1v) is 10.5. The van der Waals surface area contributed by atoms with Gasteiger partial charge in [0.15, 0.2) is 16.7 Å². The van der Waals surface area contributed by atoms with E-state index in [1.54, 1.807) is 28.0 Å². The number of aromatic nitrogens is 2. The van der Waals surface area contributed by atoms with Crippen LogP contribution in [-0.2, 0) is 25.1 Å². The molecule has 0 bridgehead atoms. The summed E-state index contributed by atoms with van der Waals surface area (Å²) in [5, 5.41) is 1.41. The van der Waals surface area contributed by atoms with E-state index in [9.17, 15) is 9.18 Å². The standard InChI is InChI=1S/C20H19FN2O2S2/c1-3-9-23-19(24)17-13-5-4-6-16(13)27-18(17)22-20(23)26-11-12-7-8-15(25-2)14(21)10-12/h3,7-8,10H,1,4-6,9,11H2,2H3. The Morgan fingerprint density at radius 3 is 3.04 bits per heavy atom. The topological polar surface area (TPSA) is 44.1 Å². The molecule has 0 unspecified atom stereocenters. The third-order valence-electron chi connectivity index (χ3n) is 4.69. The van der Waals surface area contributed by atoms with Gasteiger partial charge in [-0.3, -0.25) is 9.36 Å². The smallest absolute Gasteiger partial charge is 0.263 e. The van der Waals surface area contributed by atoms with Gasteiger partial charge < -0.3 is 4.74 Å². The molecule has 4 nitrogen and oxygen atoms in total. The van der Waals surface area contributed by atoms with Gasteiger partial charge in [-0.25, -0.2) is 9.37 Å². The monoisotopic (exact) mass is 402 g/mol. The molecule has 7 heteroatoms.